The second kappa shape index (κ2) is 5.96. The Morgan fingerprint density at radius 2 is 1.90 bits per heavy atom. The molecule has 21 heavy (non-hydrogen) atoms. The molecule has 0 radical (unpaired) electrons. The van der Waals surface area contributed by atoms with Gasteiger partial charge in [-0.05, 0) is 43.3 Å². The summed E-state index contributed by atoms with van der Waals surface area (Å²) < 4.78 is 0. The van der Waals surface area contributed by atoms with E-state index < -0.39 is 0 Å². The largest absolute Gasteiger partial charge is 0.335 e. The zero-order valence-corrected chi connectivity index (χ0v) is 13.1. The van der Waals surface area contributed by atoms with Crippen LogP contribution in [0, 0.1) is 0 Å². The highest BCUT2D eigenvalue weighted by atomic mass is 35.5. The van der Waals surface area contributed by atoms with Crippen molar-refractivity contribution in [3.05, 3.63) is 70.2 Å². The molecular weight excluding hydrogens is 302 g/mol. The van der Waals surface area contributed by atoms with E-state index in [0.29, 0.717) is 10.6 Å². The summed E-state index contributed by atoms with van der Waals surface area (Å²) in [6.45, 7) is 2.92. The molecule has 2 aromatic carbocycles. The zero-order chi connectivity index (χ0) is 14.8. The van der Waals surface area contributed by atoms with Crippen LogP contribution < -0.4 is 4.90 Å². The van der Waals surface area contributed by atoms with E-state index in [-0.39, 0.29) is 5.78 Å². The summed E-state index contributed by atoms with van der Waals surface area (Å²) >= 11 is 7.49. The molecular formula is C17H14ClNOS. The Labute approximate surface area is 133 Å². The number of allylic oxidation sites excluding steroid dienone is 1. The molecule has 0 bridgehead atoms. The summed E-state index contributed by atoms with van der Waals surface area (Å²) in [6, 6.07) is 15.2. The van der Waals surface area contributed by atoms with E-state index in [4.69, 9.17) is 11.6 Å². The normalized spacial score (nSPS) is 15.3. The first-order valence-corrected chi connectivity index (χ1v) is 7.94. The molecule has 3 rings (SSSR count). The maximum absolute atomic E-state index is 12.4. The second-order valence-electron chi connectivity index (χ2n) is 4.67. The molecule has 1 aliphatic heterocycles. The fourth-order valence-corrected chi connectivity index (χ4v) is 3.58. The van der Waals surface area contributed by atoms with E-state index in [9.17, 15) is 4.79 Å². The molecule has 0 saturated carbocycles. The summed E-state index contributed by atoms with van der Waals surface area (Å²) in [7, 11) is 0. The molecule has 106 valence electrons. The van der Waals surface area contributed by atoms with Crippen LogP contribution in [0.1, 0.15) is 17.3 Å². The lowest BCUT2D eigenvalue weighted by Gasteiger charge is -2.17. The Morgan fingerprint density at radius 3 is 2.62 bits per heavy atom. The average molecular weight is 316 g/mol. The third kappa shape index (κ3) is 2.85. The highest BCUT2D eigenvalue weighted by molar-refractivity contribution is 8.03. The first kappa shape index (κ1) is 14.2. The molecule has 0 atom stereocenters. The van der Waals surface area contributed by atoms with Crippen LogP contribution in [0.4, 0.5) is 5.69 Å². The Morgan fingerprint density at radius 1 is 1.19 bits per heavy atom. The van der Waals surface area contributed by atoms with Crippen LogP contribution in [0.25, 0.3) is 0 Å². The van der Waals surface area contributed by atoms with Gasteiger partial charge in [-0.25, -0.2) is 0 Å². The minimum atomic E-state index is 0.000391. The third-order valence-electron chi connectivity index (χ3n) is 3.34. The van der Waals surface area contributed by atoms with Gasteiger partial charge in [0.1, 0.15) is 0 Å². The number of thioether (sulfide) groups is 1. The van der Waals surface area contributed by atoms with Crippen LogP contribution in [0.3, 0.4) is 0 Å². The number of ketones is 1. The number of carbonyl (C=O) groups excluding carboxylic acids is 1. The summed E-state index contributed by atoms with van der Waals surface area (Å²) in [4.78, 5) is 15.7. The van der Waals surface area contributed by atoms with Crippen LogP contribution in [0.2, 0.25) is 5.02 Å². The van der Waals surface area contributed by atoms with Crippen LogP contribution in [-0.2, 0) is 0 Å². The highest BCUT2D eigenvalue weighted by Gasteiger charge is 2.24. The fraction of sp³-hybridized carbons (Fsp3) is 0.118. The summed E-state index contributed by atoms with van der Waals surface area (Å²) in [5, 5.41) is 1.61. The molecule has 0 fully saturated rings. The molecule has 0 amide bonds. The van der Waals surface area contributed by atoms with E-state index in [1.165, 1.54) is 10.6 Å². The van der Waals surface area contributed by atoms with Gasteiger partial charge < -0.3 is 4.90 Å². The molecule has 4 heteroatoms. The minimum Gasteiger partial charge on any atom is -0.335 e. The lowest BCUT2D eigenvalue weighted by atomic mass is 10.1. The van der Waals surface area contributed by atoms with Crippen molar-refractivity contribution in [1.29, 1.82) is 0 Å². The van der Waals surface area contributed by atoms with Crippen molar-refractivity contribution >= 4 is 34.8 Å². The number of carbonyl (C=O) groups is 1. The van der Waals surface area contributed by atoms with Crippen LogP contribution in [-0.4, -0.2) is 12.3 Å². The van der Waals surface area contributed by atoms with Crippen molar-refractivity contribution in [1.82, 2.24) is 0 Å². The van der Waals surface area contributed by atoms with Gasteiger partial charge >= 0.3 is 0 Å². The molecule has 0 saturated heterocycles. The number of para-hydroxylation sites is 1. The molecule has 0 aliphatic carbocycles. The lowest BCUT2D eigenvalue weighted by Crippen LogP contribution is -2.17. The topological polar surface area (TPSA) is 20.3 Å². The van der Waals surface area contributed by atoms with Crippen LogP contribution >= 0.6 is 23.4 Å². The molecule has 0 aromatic heterocycles. The maximum Gasteiger partial charge on any atom is 0.188 e. The second-order valence-corrected chi connectivity index (χ2v) is 6.17. The number of benzene rings is 2. The SMILES string of the molecule is CCN1/C(=C\C(=O)c2ccc(Cl)cc2)Sc2ccccc21. The van der Waals surface area contributed by atoms with E-state index in [1.807, 2.05) is 12.1 Å². The predicted molar refractivity (Wildman–Crippen MR) is 89.2 cm³/mol. The molecule has 2 aromatic rings. The van der Waals surface area contributed by atoms with Gasteiger partial charge in [0.2, 0.25) is 0 Å². The van der Waals surface area contributed by atoms with Crippen molar-refractivity contribution in [2.75, 3.05) is 11.4 Å². The van der Waals surface area contributed by atoms with E-state index in [2.05, 4.69) is 24.0 Å². The van der Waals surface area contributed by atoms with Gasteiger partial charge in [-0.15, -0.1) is 0 Å². The number of nitrogens with zero attached hydrogens (tertiary/aromatic N) is 1. The summed E-state index contributed by atoms with van der Waals surface area (Å²) in [6.07, 6.45) is 1.71. The van der Waals surface area contributed by atoms with Crippen molar-refractivity contribution in [3.8, 4) is 0 Å². The predicted octanol–water partition coefficient (Wildman–Crippen LogP) is 5.00. The number of hydrogen-bond acceptors (Lipinski definition) is 3. The Bertz CT molecular complexity index is 709. The number of hydrogen-bond donors (Lipinski definition) is 0. The van der Waals surface area contributed by atoms with Gasteiger partial charge in [-0.3, -0.25) is 4.79 Å². The third-order valence-corrected chi connectivity index (χ3v) is 4.70. The first-order valence-electron chi connectivity index (χ1n) is 6.75. The van der Waals surface area contributed by atoms with E-state index >= 15 is 0 Å². The lowest BCUT2D eigenvalue weighted by molar-refractivity contribution is 0.104. The van der Waals surface area contributed by atoms with Crippen molar-refractivity contribution in [3.63, 3.8) is 0 Å². The minimum absolute atomic E-state index is 0.000391. The smallest absolute Gasteiger partial charge is 0.188 e. The molecule has 0 spiro atoms. The fourth-order valence-electron chi connectivity index (χ4n) is 2.30. The van der Waals surface area contributed by atoms with Crippen molar-refractivity contribution in [2.24, 2.45) is 0 Å². The first-order chi connectivity index (χ1) is 10.2. The molecule has 1 aliphatic rings. The number of rotatable bonds is 3. The quantitative estimate of drug-likeness (QED) is 0.587. The maximum atomic E-state index is 12.4. The molecule has 1 heterocycles. The van der Waals surface area contributed by atoms with E-state index in [1.54, 1.807) is 42.1 Å². The summed E-state index contributed by atoms with van der Waals surface area (Å²) in [5.74, 6) is 0.000391. The van der Waals surface area contributed by atoms with Gasteiger partial charge in [-0.2, -0.15) is 0 Å². The Kier molecular flexibility index (Phi) is 4.04. The molecule has 2 nitrogen and oxygen atoms in total. The van der Waals surface area contributed by atoms with Crippen LogP contribution in [0.5, 0.6) is 0 Å². The highest BCUT2D eigenvalue weighted by Crippen LogP contribution is 2.45. The average Bonchev–Trinajstić information content (AvgIpc) is 2.84. The van der Waals surface area contributed by atoms with Gasteiger partial charge in [0.25, 0.3) is 0 Å². The van der Waals surface area contributed by atoms with E-state index in [0.717, 1.165) is 11.6 Å². The van der Waals surface area contributed by atoms with Crippen molar-refractivity contribution < 1.29 is 4.79 Å². The van der Waals surface area contributed by atoms with Gasteiger partial charge in [0.15, 0.2) is 5.78 Å². The Balaban J connectivity index is 1.90. The summed E-state index contributed by atoms with van der Waals surface area (Å²) in [5.41, 5.74) is 1.82. The molecule has 0 N–H and O–H groups in total. The standard InChI is InChI=1S/C17H14ClNOS/c1-2-19-14-5-3-4-6-16(14)21-17(19)11-15(20)12-7-9-13(18)10-8-12/h3-11H,2H2,1H3/b17-11+. The zero-order valence-electron chi connectivity index (χ0n) is 11.5. The number of anilines is 1. The van der Waals surface area contributed by atoms with Gasteiger partial charge in [0, 0.05) is 28.1 Å². The van der Waals surface area contributed by atoms with Crippen LogP contribution in [0.15, 0.2) is 64.5 Å². The van der Waals surface area contributed by atoms with Gasteiger partial charge in [-0.1, -0.05) is 35.5 Å². The Hall–Kier alpha value is -1.71. The number of halogens is 1. The monoisotopic (exact) mass is 315 g/mol. The van der Waals surface area contributed by atoms with Crippen molar-refractivity contribution in [2.45, 2.75) is 11.8 Å². The molecule has 0 unspecified atom stereocenters. The van der Waals surface area contributed by atoms with Gasteiger partial charge in [0.05, 0.1) is 10.7 Å². The number of fused-ring (bicyclic) bond motifs is 1.